The molecule has 0 unspecified atom stereocenters. The molecule has 0 radical (unpaired) electrons. The number of fused-ring (bicyclic) bond motifs is 1. The highest BCUT2D eigenvalue weighted by atomic mass is 32.2. The largest absolute Gasteiger partial charge is 0.494 e. The fourth-order valence-corrected chi connectivity index (χ4v) is 5.50. The summed E-state index contributed by atoms with van der Waals surface area (Å²) in [4.78, 5) is 6.65. The molecule has 10 heteroatoms. The summed E-state index contributed by atoms with van der Waals surface area (Å²) in [7, 11) is -3.64. The second-order valence-corrected chi connectivity index (χ2v) is 9.56. The molecular weight excluding hydrogens is 438 g/mol. The van der Waals surface area contributed by atoms with E-state index in [0.29, 0.717) is 36.5 Å². The summed E-state index contributed by atoms with van der Waals surface area (Å²) in [5.74, 6) is 0.899. The number of hydrogen-bond donors (Lipinski definition) is 0. The maximum absolute atomic E-state index is 13.8. The van der Waals surface area contributed by atoms with Gasteiger partial charge in [-0.05, 0) is 50.2 Å². The second-order valence-electron chi connectivity index (χ2n) is 7.63. The van der Waals surface area contributed by atoms with Gasteiger partial charge in [0, 0.05) is 26.2 Å². The van der Waals surface area contributed by atoms with Gasteiger partial charge in [-0.3, -0.25) is 9.47 Å². The highest BCUT2D eigenvalue weighted by Gasteiger charge is 2.32. The molecule has 0 amide bonds. The average Bonchev–Trinajstić information content (AvgIpc) is 3.19. The first-order valence-corrected chi connectivity index (χ1v) is 12.0. The predicted octanol–water partition coefficient (Wildman–Crippen LogP) is 3.90. The standard InChI is InChI=1S/C22H26F2N4O3S/c1-3-31-17-8-10-18(11-9-17)32(29,30)27-14-12-26(13-15-27)16(2)21-25-19-6-4-5-7-20(19)28(21)22(23)24/h4-11,16,22H,3,12-15H2,1-2H3/t16-/m0/s1. The topological polar surface area (TPSA) is 67.7 Å². The zero-order valence-electron chi connectivity index (χ0n) is 18.0. The molecule has 0 aliphatic carbocycles. The Balaban J connectivity index is 1.49. The van der Waals surface area contributed by atoms with Crippen molar-refractivity contribution in [2.45, 2.75) is 31.3 Å². The molecule has 1 aromatic heterocycles. The lowest BCUT2D eigenvalue weighted by molar-refractivity contribution is 0.0616. The van der Waals surface area contributed by atoms with Gasteiger partial charge in [0.15, 0.2) is 0 Å². The van der Waals surface area contributed by atoms with Gasteiger partial charge in [0.2, 0.25) is 10.0 Å². The number of alkyl halides is 2. The Kier molecular flexibility index (Phi) is 6.45. The summed E-state index contributed by atoms with van der Waals surface area (Å²) in [6.07, 6.45) is 0. The number of piperazine rings is 1. The lowest BCUT2D eigenvalue weighted by Gasteiger charge is -2.37. The van der Waals surface area contributed by atoms with E-state index in [9.17, 15) is 17.2 Å². The lowest BCUT2D eigenvalue weighted by atomic mass is 10.2. The Morgan fingerprint density at radius 1 is 1.03 bits per heavy atom. The summed E-state index contributed by atoms with van der Waals surface area (Å²) in [5, 5.41) is 0. The van der Waals surface area contributed by atoms with Crippen molar-refractivity contribution in [2.75, 3.05) is 32.8 Å². The summed E-state index contributed by atoms with van der Waals surface area (Å²) < 4.78 is 61.4. The first-order chi connectivity index (χ1) is 15.3. The van der Waals surface area contributed by atoms with Crippen molar-refractivity contribution >= 4 is 21.1 Å². The van der Waals surface area contributed by atoms with Crippen molar-refractivity contribution in [3.05, 3.63) is 54.4 Å². The van der Waals surface area contributed by atoms with Crippen LogP contribution in [0.5, 0.6) is 5.75 Å². The zero-order chi connectivity index (χ0) is 22.9. The van der Waals surface area contributed by atoms with Crippen LogP contribution in [0.1, 0.15) is 32.3 Å². The van der Waals surface area contributed by atoms with Crippen LogP contribution in [0, 0.1) is 0 Å². The molecule has 7 nitrogen and oxygen atoms in total. The third-order valence-corrected chi connectivity index (χ3v) is 7.70. The van der Waals surface area contributed by atoms with Crippen LogP contribution >= 0.6 is 0 Å². The van der Waals surface area contributed by atoms with Crippen LogP contribution in [0.2, 0.25) is 0 Å². The average molecular weight is 465 g/mol. The first kappa shape index (κ1) is 22.6. The molecule has 4 rings (SSSR count). The predicted molar refractivity (Wildman–Crippen MR) is 117 cm³/mol. The van der Waals surface area contributed by atoms with Crippen LogP contribution in [0.4, 0.5) is 8.78 Å². The Bertz CT molecular complexity index is 1170. The van der Waals surface area contributed by atoms with E-state index in [4.69, 9.17) is 4.74 Å². The van der Waals surface area contributed by atoms with Gasteiger partial charge in [-0.25, -0.2) is 13.4 Å². The number of hydrogen-bond acceptors (Lipinski definition) is 5. The third kappa shape index (κ3) is 4.22. The van der Waals surface area contributed by atoms with E-state index in [2.05, 4.69) is 4.98 Å². The molecule has 3 aromatic rings. The fourth-order valence-electron chi connectivity index (χ4n) is 4.08. The minimum Gasteiger partial charge on any atom is -0.494 e. The van der Waals surface area contributed by atoms with Gasteiger partial charge in [0.1, 0.15) is 11.6 Å². The number of para-hydroxylation sites is 2. The van der Waals surface area contributed by atoms with E-state index in [1.165, 1.54) is 4.31 Å². The second kappa shape index (κ2) is 9.13. The number of rotatable bonds is 7. The molecule has 0 N–H and O–H groups in total. The Labute approximate surface area is 186 Å². The number of sulfonamides is 1. The van der Waals surface area contributed by atoms with Gasteiger partial charge in [0.25, 0.3) is 0 Å². The van der Waals surface area contributed by atoms with Crippen molar-refractivity contribution in [2.24, 2.45) is 0 Å². The lowest BCUT2D eigenvalue weighted by Crippen LogP contribution is -2.49. The molecular formula is C22H26F2N4O3S. The SMILES string of the molecule is CCOc1ccc(S(=O)(=O)N2CCN([C@@H](C)c3nc4ccccc4n3C(F)F)CC2)cc1. The monoisotopic (exact) mass is 464 g/mol. The summed E-state index contributed by atoms with van der Waals surface area (Å²) in [6, 6.07) is 12.8. The maximum Gasteiger partial charge on any atom is 0.320 e. The molecule has 1 aliphatic heterocycles. The molecule has 2 aromatic carbocycles. The fraction of sp³-hybridized carbons (Fsp3) is 0.409. The van der Waals surface area contributed by atoms with E-state index >= 15 is 0 Å². The smallest absolute Gasteiger partial charge is 0.320 e. The van der Waals surface area contributed by atoms with Crippen molar-refractivity contribution in [3.8, 4) is 5.75 Å². The molecule has 1 saturated heterocycles. The van der Waals surface area contributed by atoms with Crippen molar-refractivity contribution in [1.29, 1.82) is 0 Å². The van der Waals surface area contributed by atoms with E-state index in [0.717, 1.165) is 4.57 Å². The Hall–Kier alpha value is -2.56. The molecule has 1 fully saturated rings. The highest BCUT2D eigenvalue weighted by Crippen LogP contribution is 2.30. The van der Waals surface area contributed by atoms with Crippen LogP contribution in [0.25, 0.3) is 11.0 Å². The van der Waals surface area contributed by atoms with E-state index in [1.54, 1.807) is 48.5 Å². The van der Waals surface area contributed by atoms with E-state index < -0.39 is 16.6 Å². The van der Waals surface area contributed by atoms with Crippen LogP contribution in [-0.2, 0) is 10.0 Å². The van der Waals surface area contributed by atoms with E-state index in [-0.39, 0.29) is 29.9 Å². The molecule has 32 heavy (non-hydrogen) atoms. The van der Waals surface area contributed by atoms with Gasteiger partial charge in [0.05, 0.1) is 28.6 Å². The summed E-state index contributed by atoms with van der Waals surface area (Å²) >= 11 is 0. The van der Waals surface area contributed by atoms with Gasteiger partial charge < -0.3 is 4.74 Å². The molecule has 1 atom stereocenters. The zero-order valence-corrected chi connectivity index (χ0v) is 18.8. The van der Waals surface area contributed by atoms with Crippen molar-refractivity contribution in [3.63, 3.8) is 0 Å². The maximum atomic E-state index is 13.8. The number of nitrogens with zero attached hydrogens (tertiary/aromatic N) is 4. The van der Waals surface area contributed by atoms with Crippen LogP contribution in [0.3, 0.4) is 0 Å². The summed E-state index contributed by atoms with van der Waals surface area (Å²) in [5.41, 5.74) is 0.910. The van der Waals surface area contributed by atoms with Crippen LogP contribution < -0.4 is 4.74 Å². The third-order valence-electron chi connectivity index (χ3n) is 5.79. The number of imidazole rings is 1. The number of benzene rings is 2. The molecule has 172 valence electrons. The first-order valence-electron chi connectivity index (χ1n) is 10.5. The van der Waals surface area contributed by atoms with Gasteiger partial charge >= 0.3 is 6.55 Å². The van der Waals surface area contributed by atoms with Gasteiger partial charge in [-0.1, -0.05) is 12.1 Å². The molecule has 0 bridgehead atoms. The van der Waals surface area contributed by atoms with Gasteiger partial charge in [-0.2, -0.15) is 13.1 Å². The quantitative estimate of drug-likeness (QED) is 0.531. The molecule has 1 aliphatic rings. The normalized spacial score (nSPS) is 17.2. The minimum absolute atomic E-state index is 0.210. The Morgan fingerprint density at radius 2 is 1.69 bits per heavy atom. The van der Waals surface area contributed by atoms with Crippen molar-refractivity contribution in [1.82, 2.24) is 18.8 Å². The minimum atomic E-state index is -3.64. The van der Waals surface area contributed by atoms with Gasteiger partial charge in [-0.15, -0.1) is 0 Å². The molecule has 2 heterocycles. The number of aromatic nitrogens is 2. The number of halogens is 2. The summed E-state index contributed by atoms with van der Waals surface area (Å²) in [6.45, 7) is 2.88. The Morgan fingerprint density at radius 3 is 2.31 bits per heavy atom. The molecule has 0 spiro atoms. The van der Waals surface area contributed by atoms with Crippen molar-refractivity contribution < 1.29 is 21.9 Å². The highest BCUT2D eigenvalue weighted by molar-refractivity contribution is 7.89. The number of ether oxygens (including phenoxy) is 1. The van der Waals surface area contributed by atoms with Crippen LogP contribution in [0.15, 0.2) is 53.4 Å². The molecule has 0 saturated carbocycles. The van der Waals surface area contributed by atoms with Crippen LogP contribution in [-0.4, -0.2) is 60.0 Å². The van der Waals surface area contributed by atoms with E-state index in [1.807, 2.05) is 18.7 Å².